The van der Waals surface area contributed by atoms with Gasteiger partial charge >= 0.3 is 5.97 Å². The van der Waals surface area contributed by atoms with Gasteiger partial charge in [0, 0.05) is 32.7 Å². The zero-order chi connectivity index (χ0) is 9.80. The number of carbonyl (C=O) groups excluding carboxylic acids is 1. The third kappa shape index (κ3) is 2.96. The normalized spacial score (nSPS) is 23.4. The summed E-state index contributed by atoms with van der Waals surface area (Å²) in [6.07, 6.45) is 2.07. The van der Waals surface area contributed by atoms with Crippen molar-refractivity contribution in [2.75, 3.05) is 39.3 Å². The number of hydrogen-bond donors (Lipinski definition) is 1. The van der Waals surface area contributed by atoms with E-state index in [1.54, 1.807) is 0 Å². The van der Waals surface area contributed by atoms with Crippen LogP contribution in [0.4, 0.5) is 0 Å². The molecule has 0 aromatic rings. The molecule has 1 saturated heterocycles. The van der Waals surface area contributed by atoms with E-state index in [1.165, 1.54) is 0 Å². The molecule has 0 spiro atoms. The van der Waals surface area contributed by atoms with Crippen LogP contribution in [0.25, 0.3) is 0 Å². The summed E-state index contributed by atoms with van der Waals surface area (Å²) in [5.74, 6) is 0.248. The minimum Gasteiger partial charge on any atom is -0.464 e. The van der Waals surface area contributed by atoms with E-state index in [4.69, 9.17) is 4.74 Å². The Morgan fingerprint density at radius 3 is 2.71 bits per heavy atom. The highest BCUT2D eigenvalue weighted by Gasteiger charge is 2.31. The van der Waals surface area contributed by atoms with Crippen molar-refractivity contribution in [3.05, 3.63) is 0 Å². The van der Waals surface area contributed by atoms with E-state index in [2.05, 4.69) is 10.2 Å². The van der Waals surface area contributed by atoms with Crippen LogP contribution in [0, 0.1) is 5.92 Å². The topological polar surface area (TPSA) is 41.6 Å². The summed E-state index contributed by atoms with van der Waals surface area (Å²) in [5, 5.41) is 3.29. The molecule has 2 rings (SSSR count). The van der Waals surface area contributed by atoms with E-state index in [0.29, 0.717) is 6.61 Å². The maximum absolute atomic E-state index is 11.2. The molecule has 4 heteroatoms. The van der Waals surface area contributed by atoms with Gasteiger partial charge in [0.25, 0.3) is 0 Å². The van der Waals surface area contributed by atoms with Gasteiger partial charge in [-0.2, -0.15) is 0 Å². The van der Waals surface area contributed by atoms with Gasteiger partial charge in [-0.3, -0.25) is 9.69 Å². The van der Waals surface area contributed by atoms with E-state index in [0.717, 1.165) is 45.6 Å². The van der Waals surface area contributed by atoms with Crippen LogP contribution in [0.15, 0.2) is 0 Å². The molecule has 1 N–H and O–H groups in total. The molecular weight excluding hydrogens is 180 g/mol. The molecule has 0 unspecified atom stereocenters. The van der Waals surface area contributed by atoms with Crippen LogP contribution in [-0.2, 0) is 9.53 Å². The van der Waals surface area contributed by atoms with Crippen LogP contribution in [0.2, 0.25) is 0 Å². The summed E-state index contributed by atoms with van der Waals surface area (Å²) in [4.78, 5) is 13.5. The quantitative estimate of drug-likeness (QED) is 0.638. The molecule has 0 bridgehead atoms. The minimum atomic E-state index is 0.0140. The summed E-state index contributed by atoms with van der Waals surface area (Å²) in [7, 11) is 0. The van der Waals surface area contributed by atoms with Gasteiger partial charge in [-0.05, 0) is 12.8 Å². The summed E-state index contributed by atoms with van der Waals surface area (Å²) >= 11 is 0. The molecule has 14 heavy (non-hydrogen) atoms. The van der Waals surface area contributed by atoms with E-state index >= 15 is 0 Å². The summed E-state index contributed by atoms with van der Waals surface area (Å²) in [6, 6.07) is 0. The van der Waals surface area contributed by atoms with Gasteiger partial charge in [0.15, 0.2) is 0 Å². The minimum absolute atomic E-state index is 0.0140. The Labute approximate surface area is 84.6 Å². The van der Waals surface area contributed by atoms with Crippen molar-refractivity contribution in [3.63, 3.8) is 0 Å². The highest BCUT2D eigenvalue weighted by atomic mass is 16.5. The number of nitrogens with zero attached hydrogens (tertiary/aromatic N) is 1. The number of piperazine rings is 1. The molecule has 0 radical (unpaired) electrons. The highest BCUT2D eigenvalue weighted by Crippen LogP contribution is 2.29. The fourth-order valence-electron chi connectivity index (χ4n) is 1.65. The first-order chi connectivity index (χ1) is 6.86. The Morgan fingerprint density at radius 2 is 2.07 bits per heavy atom. The number of hydrogen-bond acceptors (Lipinski definition) is 4. The van der Waals surface area contributed by atoms with Crippen molar-refractivity contribution >= 4 is 5.97 Å². The van der Waals surface area contributed by atoms with Crippen molar-refractivity contribution in [3.8, 4) is 0 Å². The number of rotatable bonds is 4. The third-order valence-corrected chi connectivity index (χ3v) is 2.77. The smallest absolute Gasteiger partial charge is 0.308 e. The summed E-state index contributed by atoms with van der Waals surface area (Å²) in [5.41, 5.74) is 0. The van der Waals surface area contributed by atoms with Gasteiger partial charge in [-0.25, -0.2) is 0 Å². The average molecular weight is 198 g/mol. The van der Waals surface area contributed by atoms with Crippen molar-refractivity contribution < 1.29 is 9.53 Å². The lowest BCUT2D eigenvalue weighted by Crippen LogP contribution is -2.44. The fraction of sp³-hybridized carbons (Fsp3) is 0.900. The van der Waals surface area contributed by atoms with E-state index < -0.39 is 0 Å². The first-order valence-corrected chi connectivity index (χ1v) is 5.46. The standard InChI is InChI=1S/C10H18N2O2/c13-10(9-1-2-9)14-8-7-12-5-3-11-4-6-12/h9,11H,1-8H2. The number of esters is 1. The van der Waals surface area contributed by atoms with Crippen LogP contribution >= 0.6 is 0 Å². The summed E-state index contributed by atoms with van der Waals surface area (Å²) in [6.45, 7) is 5.70. The zero-order valence-electron chi connectivity index (χ0n) is 8.50. The first-order valence-electron chi connectivity index (χ1n) is 5.46. The Bertz CT molecular complexity index is 198. The molecule has 1 aliphatic heterocycles. The SMILES string of the molecule is O=C(OCCN1CCNCC1)C1CC1. The number of nitrogens with one attached hydrogen (secondary N) is 1. The molecule has 2 fully saturated rings. The highest BCUT2D eigenvalue weighted by molar-refractivity contribution is 5.74. The molecule has 80 valence electrons. The van der Waals surface area contributed by atoms with Gasteiger partial charge in [0.1, 0.15) is 6.61 Å². The maximum atomic E-state index is 11.2. The van der Waals surface area contributed by atoms with Crippen molar-refractivity contribution in [2.45, 2.75) is 12.8 Å². The monoisotopic (exact) mass is 198 g/mol. The molecule has 1 heterocycles. The van der Waals surface area contributed by atoms with Crippen LogP contribution in [0.5, 0.6) is 0 Å². The van der Waals surface area contributed by atoms with Crippen molar-refractivity contribution in [1.82, 2.24) is 10.2 Å². The molecule has 0 aromatic carbocycles. The molecule has 0 amide bonds. The number of carbonyl (C=O) groups is 1. The molecular formula is C10H18N2O2. The Morgan fingerprint density at radius 1 is 1.36 bits per heavy atom. The van der Waals surface area contributed by atoms with Crippen molar-refractivity contribution in [2.24, 2.45) is 5.92 Å². The Hall–Kier alpha value is -0.610. The van der Waals surface area contributed by atoms with Crippen LogP contribution in [0.1, 0.15) is 12.8 Å². The second-order valence-electron chi connectivity index (χ2n) is 4.03. The summed E-state index contributed by atoms with van der Waals surface area (Å²) < 4.78 is 5.17. The molecule has 0 aromatic heterocycles. The Balaban J connectivity index is 1.54. The first kappa shape index (κ1) is 9.93. The van der Waals surface area contributed by atoms with E-state index in [9.17, 15) is 4.79 Å². The van der Waals surface area contributed by atoms with Gasteiger partial charge in [0.2, 0.25) is 0 Å². The molecule has 1 saturated carbocycles. The lowest BCUT2D eigenvalue weighted by atomic mass is 10.3. The second-order valence-corrected chi connectivity index (χ2v) is 4.03. The van der Waals surface area contributed by atoms with Gasteiger partial charge < -0.3 is 10.1 Å². The number of ether oxygens (including phenoxy) is 1. The molecule has 0 atom stereocenters. The van der Waals surface area contributed by atoms with Crippen LogP contribution < -0.4 is 5.32 Å². The molecule has 2 aliphatic rings. The third-order valence-electron chi connectivity index (χ3n) is 2.77. The van der Waals surface area contributed by atoms with Gasteiger partial charge in [-0.15, -0.1) is 0 Å². The van der Waals surface area contributed by atoms with E-state index in [-0.39, 0.29) is 11.9 Å². The van der Waals surface area contributed by atoms with Gasteiger partial charge in [0.05, 0.1) is 5.92 Å². The van der Waals surface area contributed by atoms with Crippen LogP contribution in [0.3, 0.4) is 0 Å². The zero-order valence-corrected chi connectivity index (χ0v) is 8.50. The van der Waals surface area contributed by atoms with Crippen molar-refractivity contribution in [1.29, 1.82) is 0 Å². The Kier molecular flexibility index (Phi) is 3.37. The molecule has 4 nitrogen and oxygen atoms in total. The largest absolute Gasteiger partial charge is 0.464 e. The predicted molar refractivity (Wildman–Crippen MR) is 53.0 cm³/mol. The van der Waals surface area contributed by atoms with E-state index in [1.807, 2.05) is 0 Å². The predicted octanol–water partition coefficient (Wildman–Crippen LogP) is -0.155. The average Bonchev–Trinajstić information content (AvgIpc) is 3.02. The lowest BCUT2D eigenvalue weighted by Gasteiger charge is -2.26. The maximum Gasteiger partial charge on any atom is 0.308 e. The van der Waals surface area contributed by atoms with Crippen LogP contribution in [-0.4, -0.2) is 50.2 Å². The second kappa shape index (κ2) is 4.75. The molecule has 1 aliphatic carbocycles. The lowest BCUT2D eigenvalue weighted by molar-refractivity contribution is -0.145. The van der Waals surface area contributed by atoms with Gasteiger partial charge in [-0.1, -0.05) is 0 Å². The fourth-order valence-corrected chi connectivity index (χ4v) is 1.65.